The highest BCUT2D eigenvalue weighted by Crippen LogP contribution is 2.33. The van der Waals surface area contributed by atoms with Gasteiger partial charge in [-0.15, -0.1) is 4.91 Å². The summed E-state index contributed by atoms with van der Waals surface area (Å²) >= 11 is 0. The van der Waals surface area contributed by atoms with Crippen LogP contribution in [0.5, 0.6) is 6.01 Å². The molecule has 10 nitrogen and oxygen atoms in total. The second kappa shape index (κ2) is 11.1. The molecule has 0 atom stereocenters. The Morgan fingerprint density at radius 2 is 2.04 bits per heavy atom. The molecule has 0 spiro atoms. The Hall–Kier alpha value is -2.49. The van der Waals surface area contributed by atoms with Crippen LogP contribution < -0.4 is 21.1 Å². The third-order valence-corrected chi connectivity index (χ3v) is 3.25. The third kappa shape index (κ3) is 6.49. The first-order valence-electron chi connectivity index (χ1n) is 8.31. The molecule has 0 aromatic carbocycles. The number of unbranched alkanes of at least 4 members (excludes halogenated alkanes) is 1. The lowest BCUT2D eigenvalue weighted by Gasteiger charge is -2.23. The summed E-state index contributed by atoms with van der Waals surface area (Å²) in [7, 11) is 0. The van der Waals surface area contributed by atoms with E-state index in [1.807, 2.05) is 6.92 Å². The summed E-state index contributed by atoms with van der Waals surface area (Å²) in [4.78, 5) is 32.8. The van der Waals surface area contributed by atoms with Gasteiger partial charge in [0.2, 0.25) is 0 Å². The van der Waals surface area contributed by atoms with Crippen LogP contribution in [-0.2, 0) is 9.53 Å². The van der Waals surface area contributed by atoms with Gasteiger partial charge in [0.1, 0.15) is 6.54 Å². The number of ether oxygens (including phenoxy) is 2. The molecule has 4 N–H and O–H groups in total. The number of carbonyl (C=O) groups excluding carboxylic acids is 1. The Morgan fingerprint density at radius 3 is 2.64 bits per heavy atom. The number of carbonyl (C=O) groups is 1. The number of nitroso groups, excluding NO2 is 1. The molecule has 1 aromatic rings. The molecule has 0 saturated carbocycles. The van der Waals surface area contributed by atoms with Crippen LogP contribution in [0.3, 0.4) is 0 Å². The van der Waals surface area contributed by atoms with E-state index in [4.69, 9.17) is 20.9 Å². The Morgan fingerprint density at radius 1 is 1.28 bits per heavy atom. The molecular formula is C15H26N6O4. The Labute approximate surface area is 146 Å². The average molecular weight is 354 g/mol. The smallest absolute Gasteiger partial charge is 0.325 e. The highest BCUT2D eigenvalue weighted by molar-refractivity contribution is 5.80. The fourth-order valence-electron chi connectivity index (χ4n) is 2.02. The van der Waals surface area contributed by atoms with E-state index < -0.39 is 5.97 Å². The number of aromatic nitrogens is 2. The van der Waals surface area contributed by atoms with Crippen LogP contribution in [0, 0.1) is 4.91 Å². The zero-order valence-electron chi connectivity index (χ0n) is 14.7. The summed E-state index contributed by atoms with van der Waals surface area (Å²) in [6, 6.07) is 0.0370. The Bertz CT molecular complexity index is 569. The monoisotopic (exact) mass is 354 g/mol. The third-order valence-electron chi connectivity index (χ3n) is 3.25. The first-order valence-corrected chi connectivity index (χ1v) is 8.31. The zero-order valence-corrected chi connectivity index (χ0v) is 14.7. The summed E-state index contributed by atoms with van der Waals surface area (Å²) in [5, 5.41) is 2.91. The van der Waals surface area contributed by atoms with Crippen molar-refractivity contribution in [3.63, 3.8) is 0 Å². The number of rotatable bonds is 12. The lowest BCUT2D eigenvalue weighted by atomic mass is 10.3. The molecule has 0 unspecified atom stereocenters. The van der Waals surface area contributed by atoms with Gasteiger partial charge in [0.15, 0.2) is 17.3 Å². The molecule has 10 heteroatoms. The first-order chi connectivity index (χ1) is 12.1. The molecule has 1 heterocycles. The van der Waals surface area contributed by atoms with E-state index in [0.717, 1.165) is 12.8 Å². The molecule has 140 valence electrons. The van der Waals surface area contributed by atoms with Gasteiger partial charge >= 0.3 is 12.0 Å². The second-order valence-electron chi connectivity index (χ2n) is 5.23. The van der Waals surface area contributed by atoms with Crippen molar-refractivity contribution in [1.29, 1.82) is 0 Å². The van der Waals surface area contributed by atoms with Crippen LogP contribution in [0.25, 0.3) is 0 Å². The van der Waals surface area contributed by atoms with Crippen molar-refractivity contribution in [3.8, 4) is 6.01 Å². The average Bonchev–Trinajstić information content (AvgIpc) is 2.58. The van der Waals surface area contributed by atoms with Gasteiger partial charge in [-0.25, -0.2) is 0 Å². The van der Waals surface area contributed by atoms with Crippen molar-refractivity contribution in [2.24, 2.45) is 10.9 Å². The van der Waals surface area contributed by atoms with Gasteiger partial charge in [-0.05, 0) is 31.5 Å². The van der Waals surface area contributed by atoms with E-state index >= 15 is 0 Å². The number of nitrogens with zero attached hydrogens (tertiary/aromatic N) is 4. The van der Waals surface area contributed by atoms with Gasteiger partial charge in [0.25, 0.3) is 0 Å². The first kappa shape index (κ1) is 20.6. The predicted molar refractivity (Wildman–Crippen MR) is 94.8 cm³/mol. The molecule has 0 saturated heterocycles. The van der Waals surface area contributed by atoms with Gasteiger partial charge in [0, 0.05) is 6.54 Å². The van der Waals surface area contributed by atoms with Gasteiger partial charge < -0.3 is 25.8 Å². The highest BCUT2D eigenvalue weighted by atomic mass is 16.5. The van der Waals surface area contributed by atoms with E-state index in [9.17, 15) is 9.70 Å². The maximum atomic E-state index is 11.9. The summed E-state index contributed by atoms with van der Waals surface area (Å²) in [5.74, 6) is -0.425. The van der Waals surface area contributed by atoms with E-state index in [-0.39, 0.29) is 36.5 Å². The molecule has 1 aromatic heterocycles. The Kier molecular flexibility index (Phi) is 9.15. The quantitative estimate of drug-likeness (QED) is 0.322. The van der Waals surface area contributed by atoms with E-state index in [0.29, 0.717) is 26.1 Å². The molecule has 0 radical (unpaired) electrons. The van der Waals surface area contributed by atoms with Crippen LogP contribution in [-0.4, -0.2) is 48.8 Å². The molecule has 0 bridgehead atoms. The Balaban J connectivity index is 3.14. The normalized spacial score (nSPS) is 10.4. The van der Waals surface area contributed by atoms with Gasteiger partial charge in [-0.1, -0.05) is 13.3 Å². The highest BCUT2D eigenvalue weighted by Gasteiger charge is 2.22. The van der Waals surface area contributed by atoms with Crippen molar-refractivity contribution in [2.45, 2.75) is 33.1 Å². The largest absolute Gasteiger partial charge is 0.465 e. The van der Waals surface area contributed by atoms with Crippen molar-refractivity contribution < 1.29 is 14.3 Å². The number of hydrogen-bond acceptors (Lipinski definition) is 10. The summed E-state index contributed by atoms with van der Waals surface area (Å²) in [5.41, 5.74) is 11.2. The van der Waals surface area contributed by atoms with Crippen molar-refractivity contribution >= 4 is 23.3 Å². The van der Waals surface area contributed by atoms with Crippen LogP contribution in [0.1, 0.15) is 33.1 Å². The minimum absolute atomic E-state index is 0.0370. The van der Waals surface area contributed by atoms with Crippen molar-refractivity contribution in [3.05, 3.63) is 4.91 Å². The minimum atomic E-state index is -0.456. The number of anilines is 2. The molecule has 1 rings (SSSR count). The van der Waals surface area contributed by atoms with Crippen molar-refractivity contribution in [1.82, 2.24) is 9.97 Å². The lowest BCUT2D eigenvalue weighted by molar-refractivity contribution is -0.141. The number of nitrogens with two attached hydrogens (primary N) is 2. The van der Waals surface area contributed by atoms with E-state index in [1.54, 1.807) is 11.8 Å². The van der Waals surface area contributed by atoms with Gasteiger partial charge in [-0.2, -0.15) is 9.97 Å². The van der Waals surface area contributed by atoms with E-state index in [1.165, 1.54) is 0 Å². The van der Waals surface area contributed by atoms with Crippen LogP contribution in [0.15, 0.2) is 5.18 Å². The second-order valence-corrected chi connectivity index (χ2v) is 5.23. The fraction of sp³-hybridized carbons (Fsp3) is 0.667. The molecular weight excluding hydrogens is 328 g/mol. The standard InChI is InChI=1S/C15H26N6O4/c1-3-5-9-25-15-18-13(17)12(20-23)14(19-15)21(8-6-7-16)10-11(22)24-4-2/h3-10,16H2,1-2H3,(H2,17,18,19). The van der Waals surface area contributed by atoms with E-state index in [2.05, 4.69) is 15.1 Å². The number of nitrogen functional groups attached to an aromatic ring is 1. The molecule has 0 amide bonds. The summed E-state index contributed by atoms with van der Waals surface area (Å²) in [6.45, 7) is 5.08. The molecule has 0 aliphatic carbocycles. The SMILES string of the molecule is CCCCOc1nc(N)c(N=O)c(N(CCCN)CC(=O)OCC)n1. The van der Waals surface area contributed by atoms with Crippen LogP contribution >= 0.6 is 0 Å². The summed E-state index contributed by atoms with van der Waals surface area (Å²) in [6.07, 6.45) is 2.35. The maximum absolute atomic E-state index is 11.9. The number of hydrogen-bond donors (Lipinski definition) is 2. The molecule has 0 fully saturated rings. The van der Waals surface area contributed by atoms with Crippen LogP contribution in [0.4, 0.5) is 17.3 Å². The maximum Gasteiger partial charge on any atom is 0.325 e. The zero-order chi connectivity index (χ0) is 18.7. The molecule has 0 aliphatic heterocycles. The molecule has 0 aliphatic rings. The van der Waals surface area contributed by atoms with Crippen molar-refractivity contribution in [2.75, 3.05) is 43.5 Å². The summed E-state index contributed by atoms with van der Waals surface area (Å²) < 4.78 is 10.4. The predicted octanol–water partition coefficient (Wildman–Crippen LogP) is 1.35. The van der Waals surface area contributed by atoms with Crippen LogP contribution in [0.2, 0.25) is 0 Å². The molecule has 25 heavy (non-hydrogen) atoms. The van der Waals surface area contributed by atoms with Gasteiger partial charge in [0.05, 0.1) is 13.2 Å². The number of esters is 1. The lowest BCUT2D eigenvalue weighted by Crippen LogP contribution is -2.34. The van der Waals surface area contributed by atoms with Gasteiger partial charge in [-0.3, -0.25) is 4.79 Å². The fourth-order valence-corrected chi connectivity index (χ4v) is 2.02. The topological polar surface area (TPSA) is 146 Å². The minimum Gasteiger partial charge on any atom is -0.465 e.